The van der Waals surface area contributed by atoms with E-state index in [4.69, 9.17) is 17.3 Å². The maximum Gasteiger partial charge on any atom is 0.435 e. The molecule has 0 spiro atoms. The van der Waals surface area contributed by atoms with Crippen LogP contribution >= 0.6 is 11.6 Å². The van der Waals surface area contributed by atoms with Crippen LogP contribution in [0.15, 0.2) is 29.3 Å². The van der Waals surface area contributed by atoms with E-state index in [9.17, 15) is 13.2 Å². The third-order valence-electron chi connectivity index (χ3n) is 3.95. The monoisotopic (exact) mass is 356 g/mol. The number of hydrogen-bond donors (Lipinski definition) is 1. The fourth-order valence-corrected chi connectivity index (χ4v) is 2.96. The second kappa shape index (κ2) is 6.47. The Labute approximate surface area is 142 Å². The lowest BCUT2D eigenvalue weighted by molar-refractivity contribution is -0.142. The minimum Gasteiger partial charge on any atom is -0.386 e. The van der Waals surface area contributed by atoms with Crippen LogP contribution in [-0.4, -0.2) is 21.5 Å². The van der Waals surface area contributed by atoms with Crippen LogP contribution in [0.25, 0.3) is 5.69 Å². The number of benzene rings is 1. The third-order valence-corrected chi connectivity index (χ3v) is 4.23. The molecule has 0 radical (unpaired) electrons. The van der Waals surface area contributed by atoms with Crippen molar-refractivity contribution in [3.05, 3.63) is 41.2 Å². The molecule has 3 rings (SSSR count). The van der Waals surface area contributed by atoms with Gasteiger partial charge < -0.3 is 5.73 Å². The maximum atomic E-state index is 13.2. The standard InChI is InChI=1S/C16H16ClF3N4/c17-9-14(21)22-10-5-7-11(8-6-10)24-13-4-2-1-3-12(13)15(23-24)16(18,19)20/h5-8H,1-4,9H2,(H2,21,22). The van der Waals surface area contributed by atoms with Crippen molar-refractivity contribution in [3.63, 3.8) is 0 Å². The first-order valence-electron chi connectivity index (χ1n) is 7.57. The molecule has 24 heavy (non-hydrogen) atoms. The zero-order valence-corrected chi connectivity index (χ0v) is 13.5. The maximum absolute atomic E-state index is 13.2. The molecule has 1 heterocycles. The van der Waals surface area contributed by atoms with Gasteiger partial charge in [-0.2, -0.15) is 18.3 Å². The Morgan fingerprint density at radius 3 is 2.50 bits per heavy atom. The van der Waals surface area contributed by atoms with Gasteiger partial charge in [0.1, 0.15) is 5.84 Å². The van der Waals surface area contributed by atoms with Gasteiger partial charge in [-0.25, -0.2) is 9.67 Å². The van der Waals surface area contributed by atoms with Crippen molar-refractivity contribution in [2.45, 2.75) is 31.9 Å². The minimum atomic E-state index is -4.44. The second-order valence-corrected chi connectivity index (χ2v) is 5.91. The highest BCUT2D eigenvalue weighted by atomic mass is 35.5. The van der Waals surface area contributed by atoms with Gasteiger partial charge in [-0.05, 0) is 49.9 Å². The van der Waals surface area contributed by atoms with E-state index in [1.807, 2.05) is 0 Å². The molecule has 1 aliphatic carbocycles. The number of nitrogens with two attached hydrogens (primary N) is 1. The molecule has 0 bridgehead atoms. The Balaban J connectivity index is 2.02. The van der Waals surface area contributed by atoms with Crippen LogP contribution in [0.5, 0.6) is 0 Å². The summed E-state index contributed by atoms with van der Waals surface area (Å²) in [6.45, 7) is 0. The van der Waals surface area contributed by atoms with Gasteiger partial charge in [0, 0.05) is 11.3 Å². The highest BCUT2D eigenvalue weighted by Gasteiger charge is 2.39. The largest absolute Gasteiger partial charge is 0.435 e. The highest BCUT2D eigenvalue weighted by molar-refractivity contribution is 6.28. The molecule has 1 aliphatic rings. The first kappa shape index (κ1) is 16.8. The number of fused-ring (bicyclic) bond motifs is 1. The van der Waals surface area contributed by atoms with E-state index < -0.39 is 11.9 Å². The van der Waals surface area contributed by atoms with Gasteiger partial charge in [-0.3, -0.25) is 0 Å². The molecule has 0 aliphatic heterocycles. The van der Waals surface area contributed by atoms with Crippen LogP contribution in [-0.2, 0) is 19.0 Å². The zero-order chi connectivity index (χ0) is 17.3. The molecule has 0 atom stereocenters. The number of rotatable bonds is 3. The van der Waals surface area contributed by atoms with Gasteiger partial charge in [-0.15, -0.1) is 11.6 Å². The molecule has 1 aromatic carbocycles. The number of nitrogens with zero attached hydrogens (tertiary/aromatic N) is 3. The molecule has 2 N–H and O–H groups in total. The van der Waals surface area contributed by atoms with Crippen LogP contribution in [0.4, 0.5) is 18.9 Å². The fourth-order valence-electron chi connectivity index (χ4n) is 2.90. The van der Waals surface area contributed by atoms with Crippen LogP contribution < -0.4 is 5.73 Å². The number of aliphatic imine (C=N–C) groups is 1. The lowest BCUT2D eigenvalue weighted by Gasteiger charge is -2.14. The summed E-state index contributed by atoms with van der Waals surface area (Å²) in [6, 6.07) is 6.72. The molecule has 0 saturated heterocycles. The van der Waals surface area contributed by atoms with Crippen molar-refractivity contribution < 1.29 is 13.2 Å². The van der Waals surface area contributed by atoms with E-state index in [2.05, 4.69) is 10.1 Å². The van der Waals surface area contributed by atoms with E-state index in [-0.39, 0.29) is 11.7 Å². The average Bonchev–Trinajstić information content (AvgIpc) is 2.95. The van der Waals surface area contributed by atoms with E-state index in [1.165, 1.54) is 4.68 Å². The van der Waals surface area contributed by atoms with Crippen molar-refractivity contribution in [3.8, 4) is 5.69 Å². The number of aromatic nitrogens is 2. The number of alkyl halides is 4. The molecular formula is C16H16ClF3N4. The van der Waals surface area contributed by atoms with Gasteiger partial charge in [-0.1, -0.05) is 0 Å². The normalized spacial score (nSPS) is 15.4. The molecule has 1 aromatic heterocycles. The summed E-state index contributed by atoms with van der Waals surface area (Å²) in [5, 5.41) is 3.85. The van der Waals surface area contributed by atoms with Gasteiger partial charge in [0.2, 0.25) is 0 Å². The zero-order valence-electron chi connectivity index (χ0n) is 12.8. The Bertz CT molecular complexity index is 763. The topological polar surface area (TPSA) is 56.2 Å². The van der Waals surface area contributed by atoms with Gasteiger partial charge in [0.05, 0.1) is 17.3 Å². The molecular weight excluding hydrogens is 341 g/mol. The number of amidine groups is 1. The smallest absolute Gasteiger partial charge is 0.386 e. The van der Waals surface area contributed by atoms with Crippen LogP contribution in [0.3, 0.4) is 0 Å². The minimum absolute atomic E-state index is 0.114. The Hall–Kier alpha value is -2.02. The van der Waals surface area contributed by atoms with E-state index >= 15 is 0 Å². The summed E-state index contributed by atoms with van der Waals surface area (Å²) in [5.74, 6) is 0.392. The first-order chi connectivity index (χ1) is 11.4. The van der Waals surface area contributed by atoms with E-state index in [0.717, 1.165) is 12.8 Å². The van der Waals surface area contributed by atoms with Crippen molar-refractivity contribution >= 4 is 23.1 Å². The number of hydrogen-bond acceptors (Lipinski definition) is 2. The lowest BCUT2D eigenvalue weighted by Crippen LogP contribution is -2.12. The Kier molecular flexibility index (Phi) is 4.54. The Morgan fingerprint density at radius 2 is 1.88 bits per heavy atom. The molecule has 0 amide bonds. The average molecular weight is 357 g/mol. The molecule has 8 heteroatoms. The molecule has 0 fully saturated rings. The van der Waals surface area contributed by atoms with Crippen molar-refractivity contribution in [2.75, 3.05) is 5.88 Å². The van der Waals surface area contributed by atoms with Crippen molar-refractivity contribution in [1.82, 2.24) is 9.78 Å². The summed E-state index contributed by atoms with van der Waals surface area (Å²) in [7, 11) is 0. The van der Waals surface area contributed by atoms with Crippen molar-refractivity contribution in [2.24, 2.45) is 10.7 Å². The summed E-state index contributed by atoms with van der Waals surface area (Å²) in [6.07, 6.45) is -1.81. The van der Waals surface area contributed by atoms with Gasteiger partial charge in [0.15, 0.2) is 5.69 Å². The summed E-state index contributed by atoms with van der Waals surface area (Å²) in [4.78, 5) is 4.10. The van der Waals surface area contributed by atoms with Crippen molar-refractivity contribution in [1.29, 1.82) is 0 Å². The lowest BCUT2D eigenvalue weighted by atomic mass is 9.95. The Morgan fingerprint density at radius 1 is 1.21 bits per heavy atom. The predicted molar refractivity (Wildman–Crippen MR) is 87.2 cm³/mol. The highest BCUT2D eigenvalue weighted by Crippen LogP contribution is 2.36. The summed E-state index contributed by atoms with van der Waals surface area (Å²) < 4.78 is 41.1. The molecule has 2 aromatic rings. The third kappa shape index (κ3) is 3.26. The van der Waals surface area contributed by atoms with Gasteiger partial charge >= 0.3 is 6.18 Å². The van der Waals surface area contributed by atoms with Crippen LogP contribution in [0.2, 0.25) is 0 Å². The SMILES string of the molecule is NC(CCl)=Nc1ccc(-n2nc(C(F)(F)F)c3c2CCCC3)cc1. The van der Waals surface area contributed by atoms with Crippen LogP contribution in [0, 0.1) is 0 Å². The molecule has 0 saturated carbocycles. The molecule has 128 valence electrons. The van der Waals surface area contributed by atoms with Crippen LogP contribution in [0.1, 0.15) is 29.8 Å². The fraction of sp³-hybridized carbons (Fsp3) is 0.375. The summed E-state index contributed by atoms with van der Waals surface area (Å²) >= 11 is 5.58. The van der Waals surface area contributed by atoms with Gasteiger partial charge in [0.25, 0.3) is 0 Å². The summed E-state index contributed by atoms with van der Waals surface area (Å²) in [5.41, 5.74) is 6.93. The number of halogens is 4. The quantitative estimate of drug-likeness (QED) is 0.513. The van der Waals surface area contributed by atoms with E-state index in [0.29, 0.717) is 35.5 Å². The second-order valence-electron chi connectivity index (χ2n) is 5.64. The predicted octanol–water partition coefficient (Wildman–Crippen LogP) is 4.00. The molecule has 0 unspecified atom stereocenters. The molecule has 4 nitrogen and oxygen atoms in total. The van der Waals surface area contributed by atoms with E-state index in [1.54, 1.807) is 24.3 Å². The first-order valence-corrected chi connectivity index (χ1v) is 8.11.